The molecule has 0 saturated carbocycles. The van der Waals surface area contributed by atoms with E-state index in [-0.39, 0.29) is 0 Å². The highest BCUT2D eigenvalue weighted by molar-refractivity contribution is 9.08. The minimum absolute atomic E-state index is 0.512. The highest BCUT2D eigenvalue weighted by atomic mass is 79.9. The zero-order valence-corrected chi connectivity index (χ0v) is 12.8. The fourth-order valence-electron chi connectivity index (χ4n) is 2.28. The van der Waals surface area contributed by atoms with Crippen LogP contribution in [0.25, 0.3) is 5.65 Å². The Bertz CT molecular complexity index is 521. The van der Waals surface area contributed by atoms with Gasteiger partial charge in [-0.25, -0.2) is 4.98 Å². The number of fused-ring (bicyclic) bond motifs is 1. The molecule has 0 aromatic carbocycles. The summed E-state index contributed by atoms with van der Waals surface area (Å²) in [5, 5.41) is 0.820. The molecule has 0 aliphatic rings. The van der Waals surface area contributed by atoms with Gasteiger partial charge in [0.15, 0.2) is 5.82 Å². The van der Waals surface area contributed by atoms with E-state index in [1.54, 1.807) is 0 Å². The average Bonchev–Trinajstić information content (AvgIpc) is 2.77. The van der Waals surface area contributed by atoms with Crippen molar-refractivity contribution >= 4 is 27.4 Å². The molecule has 18 heavy (non-hydrogen) atoms. The maximum atomic E-state index is 4.78. The standard InChI is InChI=1S/C14H20BrN3/c1-4-11(3)17(5-2)14-12(10-15)18-9-7-6-8-13(18)16-14/h6-9,11H,4-5,10H2,1-3H3. The number of rotatable bonds is 5. The lowest BCUT2D eigenvalue weighted by atomic mass is 10.2. The molecule has 0 spiro atoms. The van der Waals surface area contributed by atoms with E-state index < -0.39 is 0 Å². The summed E-state index contributed by atoms with van der Waals surface area (Å²) in [5.74, 6) is 1.11. The van der Waals surface area contributed by atoms with Crippen LogP contribution < -0.4 is 4.90 Å². The fourth-order valence-corrected chi connectivity index (χ4v) is 2.80. The van der Waals surface area contributed by atoms with E-state index in [1.807, 2.05) is 12.1 Å². The van der Waals surface area contributed by atoms with Gasteiger partial charge in [-0.1, -0.05) is 28.9 Å². The Hall–Kier alpha value is -1.03. The van der Waals surface area contributed by atoms with Gasteiger partial charge in [-0.05, 0) is 32.4 Å². The molecule has 2 aromatic rings. The van der Waals surface area contributed by atoms with Gasteiger partial charge in [-0.3, -0.25) is 0 Å². The third-order valence-electron chi connectivity index (χ3n) is 3.47. The second-order valence-electron chi connectivity index (χ2n) is 4.49. The normalized spacial score (nSPS) is 12.9. The number of halogens is 1. The summed E-state index contributed by atoms with van der Waals surface area (Å²) in [6.07, 6.45) is 3.20. The number of hydrogen-bond acceptors (Lipinski definition) is 2. The third kappa shape index (κ3) is 2.26. The smallest absolute Gasteiger partial charge is 0.152 e. The van der Waals surface area contributed by atoms with Crippen LogP contribution in [0.3, 0.4) is 0 Å². The molecule has 0 N–H and O–H groups in total. The van der Waals surface area contributed by atoms with Crippen LogP contribution in [0.1, 0.15) is 32.9 Å². The molecule has 98 valence electrons. The Labute approximate surface area is 117 Å². The molecule has 0 saturated heterocycles. The van der Waals surface area contributed by atoms with Crippen molar-refractivity contribution in [1.29, 1.82) is 0 Å². The van der Waals surface area contributed by atoms with Crippen molar-refractivity contribution < 1.29 is 0 Å². The molecular weight excluding hydrogens is 290 g/mol. The van der Waals surface area contributed by atoms with Crippen LogP contribution in [0, 0.1) is 0 Å². The maximum absolute atomic E-state index is 4.78. The predicted octanol–water partition coefficient (Wildman–Crippen LogP) is 3.85. The largest absolute Gasteiger partial charge is 0.353 e. The molecular formula is C14H20BrN3. The number of alkyl halides is 1. The van der Waals surface area contributed by atoms with E-state index in [0.717, 1.165) is 29.8 Å². The van der Waals surface area contributed by atoms with Gasteiger partial charge in [0, 0.05) is 24.1 Å². The van der Waals surface area contributed by atoms with E-state index >= 15 is 0 Å². The van der Waals surface area contributed by atoms with Crippen molar-refractivity contribution in [3.05, 3.63) is 30.1 Å². The van der Waals surface area contributed by atoms with E-state index in [1.165, 1.54) is 5.69 Å². The lowest BCUT2D eigenvalue weighted by molar-refractivity contribution is 0.622. The topological polar surface area (TPSA) is 20.5 Å². The summed E-state index contributed by atoms with van der Waals surface area (Å²) >= 11 is 3.59. The fraction of sp³-hybridized carbons (Fsp3) is 0.500. The Morgan fingerprint density at radius 2 is 2.17 bits per heavy atom. The van der Waals surface area contributed by atoms with Crippen LogP contribution in [0.4, 0.5) is 5.82 Å². The highest BCUT2D eigenvalue weighted by Gasteiger charge is 2.19. The molecule has 2 aromatic heterocycles. The minimum atomic E-state index is 0.512. The summed E-state index contributed by atoms with van der Waals surface area (Å²) in [6, 6.07) is 6.64. The first-order valence-electron chi connectivity index (χ1n) is 6.51. The molecule has 0 aliphatic heterocycles. The third-order valence-corrected chi connectivity index (χ3v) is 4.00. The first-order valence-corrected chi connectivity index (χ1v) is 7.63. The summed E-state index contributed by atoms with van der Waals surface area (Å²) in [6.45, 7) is 7.65. The van der Waals surface area contributed by atoms with Crippen molar-refractivity contribution in [3.63, 3.8) is 0 Å². The molecule has 4 heteroatoms. The molecule has 0 bridgehead atoms. The van der Waals surface area contributed by atoms with E-state index in [0.29, 0.717) is 6.04 Å². The zero-order chi connectivity index (χ0) is 13.1. The molecule has 2 heterocycles. The quantitative estimate of drug-likeness (QED) is 0.782. The van der Waals surface area contributed by atoms with Gasteiger partial charge in [0.1, 0.15) is 5.65 Å². The Morgan fingerprint density at radius 3 is 2.78 bits per heavy atom. The highest BCUT2D eigenvalue weighted by Crippen LogP contribution is 2.26. The molecule has 1 unspecified atom stereocenters. The van der Waals surface area contributed by atoms with E-state index in [2.05, 4.69) is 58.3 Å². The lowest BCUT2D eigenvalue weighted by Crippen LogP contribution is -2.33. The SMILES string of the molecule is CCC(C)N(CC)c1nc2ccccn2c1CBr. The van der Waals surface area contributed by atoms with Gasteiger partial charge in [-0.2, -0.15) is 0 Å². The van der Waals surface area contributed by atoms with E-state index in [4.69, 9.17) is 4.98 Å². The Morgan fingerprint density at radius 1 is 1.39 bits per heavy atom. The summed E-state index contributed by atoms with van der Waals surface area (Å²) in [4.78, 5) is 7.16. The van der Waals surface area contributed by atoms with Crippen LogP contribution in [-0.4, -0.2) is 22.0 Å². The number of hydrogen-bond donors (Lipinski definition) is 0. The molecule has 0 aliphatic carbocycles. The molecule has 1 atom stereocenters. The van der Waals surface area contributed by atoms with Crippen LogP contribution >= 0.6 is 15.9 Å². The Balaban J connectivity index is 2.55. The van der Waals surface area contributed by atoms with Gasteiger partial charge in [-0.15, -0.1) is 0 Å². The minimum Gasteiger partial charge on any atom is -0.353 e. The van der Waals surface area contributed by atoms with Gasteiger partial charge in [0.25, 0.3) is 0 Å². The second-order valence-corrected chi connectivity index (χ2v) is 5.05. The van der Waals surface area contributed by atoms with Crippen LogP contribution in [0.2, 0.25) is 0 Å². The van der Waals surface area contributed by atoms with Crippen molar-refractivity contribution in [2.75, 3.05) is 11.4 Å². The number of pyridine rings is 1. The van der Waals surface area contributed by atoms with Gasteiger partial charge < -0.3 is 9.30 Å². The summed E-state index contributed by atoms with van der Waals surface area (Å²) in [7, 11) is 0. The predicted molar refractivity (Wildman–Crippen MR) is 80.6 cm³/mol. The van der Waals surface area contributed by atoms with Crippen molar-refractivity contribution in [2.45, 2.75) is 38.6 Å². The van der Waals surface area contributed by atoms with E-state index in [9.17, 15) is 0 Å². The number of anilines is 1. The second kappa shape index (κ2) is 5.74. The molecule has 2 rings (SSSR count). The van der Waals surface area contributed by atoms with Crippen molar-refractivity contribution in [1.82, 2.24) is 9.38 Å². The molecule has 0 amide bonds. The number of nitrogens with zero attached hydrogens (tertiary/aromatic N) is 3. The first kappa shape index (κ1) is 13.4. The summed E-state index contributed by atoms with van der Waals surface area (Å²) < 4.78 is 2.16. The van der Waals surface area contributed by atoms with Gasteiger partial charge in [0.2, 0.25) is 0 Å². The average molecular weight is 310 g/mol. The number of aromatic nitrogens is 2. The van der Waals surface area contributed by atoms with Crippen LogP contribution in [-0.2, 0) is 5.33 Å². The molecule has 0 fully saturated rings. The van der Waals surface area contributed by atoms with Gasteiger partial charge in [0.05, 0.1) is 5.69 Å². The van der Waals surface area contributed by atoms with Crippen LogP contribution in [0.5, 0.6) is 0 Å². The monoisotopic (exact) mass is 309 g/mol. The molecule has 3 nitrogen and oxygen atoms in total. The Kier molecular flexibility index (Phi) is 4.27. The van der Waals surface area contributed by atoms with Gasteiger partial charge >= 0.3 is 0 Å². The van der Waals surface area contributed by atoms with Crippen LogP contribution in [0.15, 0.2) is 24.4 Å². The lowest BCUT2D eigenvalue weighted by Gasteiger charge is -2.28. The first-order chi connectivity index (χ1) is 8.72. The number of imidazole rings is 1. The maximum Gasteiger partial charge on any atom is 0.152 e. The van der Waals surface area contributed by atoms with Crippen molar-refractivity contribution in [2.24, 2.45) is 0 Å². The molecule has 0 radical (unpaired) electrons. The zero-order valence-electron chi connectivity index (χ0n) is 11.2. The van der Waals surface area contributed by atoms with Crippen molar-refractivity contribution in [3.8, 4) is 0 Å². The summed E-state index contributed by atoms with van der Waals surface area (Å²) in [5.41, 5.74) is 2.25.